The molecule has 1 aromatic heterocycles. The Morgan fingerprint density at radius 2 is 2.10 bits per heavy atom. The number of hydrogen-bond donors (Lipinski definition) is 2. The molecule has 20 heavy (non-hydrogen) atoms. The molecule has 1 fully saturated rings. The largest absolute Gasteiger partial charge is 0.497 e. The van der Waals surface area contributed by atoms with Gasteiger partial charge in [0.05, 0.1) is 7.11 Å². The van der Waals surface area contributed by atoms with Gasteiger partial charge in [-0.3, -0.25) is 0 Å². The minimum atomic E-state index is 0.739. The molecule has 3 heteroatoms. The van der Waals surface area contributed by atoms with Crippen LogP contribution in [0.1, 0.15) is 37.7 Å². The van der Waals surface area contributed by atoms with Crippen LogP contribution in [-0.2, 0) is 6.42 Å². The van der Waals surface area contributed by atoms with E-state index in [1.54, 1.807) is 7.11 Å². The summed E-state index contributed by atoms with van der Waals surface area (Å²) in [6, 6.07) is 6.96. The van der Waals surface area contributed by atoms with E-state index >= 15 is 0 Å². The van der Waals surface area contributed by atoms with Crippen molar-refractivity contribution in [3.63, 3.8) is 0 Å². The first-order chi connectivity index (χ1) is 9.86. The highest BCUT2D eigenvalue weighted by Gasteiger charge is 2.12. The third kappa shape index (κ3) is 2.98. The van der Waals surface area contributed by atoms with Crippen molar-refractivity contribution >= 4 is 10.9 Å². The van der Waals surface area contributed by atoms with Crippen LogP contribution in [0.15, 0.2) is 24.4 Å². The highest BCUT2D eigenvalue weighted by atomic mass is 16.5. The predicted molar refractivity (Wildman–Crippen MR) is 83.4 cm³/mol. The van der Waals surface area contributed by atoms with E-state index in [4.69, 9.17) is 4.74 Å². The Balaban J connectivity index is 1.62. The van der Waals surface area contributed by atoms with Gasteiger partial charge in [-0.25, -0.2) is 0 Å². The number of H-pyrrole nitrogens is 1. The van der Waals surface area contributed by atoms with Gasteiger partial charge in [-0.05, 0) is 49.6 Å². The van der Waals surface area contributed by atoms with Crippen molar-refractivity contribution in [3.05, 3.63) is 30.0 Å². The molecule has 1 aliphatic carbocycles. The van der Waals surface area contributed by atoms with E-state index in [2.05, 4.69) is 28.6 Å². The molecule has 0 atom stereocenters. The van der Waals surface area contributed by atoms with Crippen LogP contribution < -0.4 is 10.1 Å². The predicted octanol–water partition coefficient (Wildman–Crippen LogP) is 3.64. The average molecular weight is 272 g/mol. The smallest absolute Gasteiger partial charge is 0.119 e. The minimum Gasteiger partial charge on any atom is -0.497 e. The maximum atomic E-state index is 5.32. The molecule has 1 heterocycles. The van der Waals surface area contributed by atoms with Crippen molar-refractivity contribution < 1.29 is 4.74 Å². The zero-order chi connectivity index (χ0) is 13.8. The second kappa shape index (κ2) is 6.31. The summed E-state index contributed by atoms with van der Waals surface area (Å²) in [5.74, 6) is 0.929. The zero-order valence-electron chi connectivity index (χ0n) is 12.2. The fourth-order valence-corrected chi connectivity index (χ4v) is 3.21. The van der Waals surface area contributed by atoms with Gasteiger partial charge in [0.25, 0.3) is 0 Å². The number of benzene rings is 1. The fraction of sp³-hybridized carbons (Fsp3) is 0.529. The number of hydrogen-bond acceptors (Lipinski definition) is 2. The highest BCUT2D eigenvalue weighted by Crippen LogP contribution is 2.24. The van der Waals surface area contributed by atoms with E-state index < -0.39 is 0 Å². The molecule has 0 spiro atoms. The van der Waals surface area contributed by atoms with Gasteiger partial charge in [0.15, 0.2) is 0 Å². The number of nitrogens with one attached hydrogen (secondary N) is 2. The number of fused-ring (bicyclic) bond motifs is 1. The summed E-state index contributed by atoms with van der Waals surface area (Å²) in [7, 11) is 1.72. The fourth-order valence-electron chi connectivity index (χ4n) is 3.21. The molecule has 2 aromatic rings. The molecule has 0 amide bonds. The molecule has 0 saturated heterocycles. The molecule has 0 aliphatic heterocycles. The monoisotopic (exact) mass is 272 g/mol. The van der Waals surface area contributed by atoms with Crippen molar-refractivity contribution in [2.24, 2.45) is 0 Å². The molecular formula is C17H24N2O. The Bertz CT molecular complexity index is 555. The Hall–Kier alpha value is -1.48. The number of aromatic amines is 1. The summed E-state index contributed by atoms with van der Waals surface area (Å²) in [5.41, 5.74) is 2.57. The lowest BCUT2D eigenvalue weighted by molar-refractivity contribution is 0.376. The molecule has 3 nitrogen and oxygen atoms in total. The van der Waals surface area contributed by atoms with E-state index in [0.717, 1.165) is 24.8 Å². The lowest BCUT2D eigenvalue weighted by Gasteiger charge is -2.22. The average Bonchev–Trinajstić information content (AvgIpc) is 2.91. The molecule has 0 unspecified atom stereocenters. The molecule has 0 radical (unpaired) electrons. The van der Waals surface area contributed by atoms with Gasteiger partial charge in [-0.2, -0.15) is 0 Å². The van der Waals surface area contributed by atoms with E-state index in [1.807, 2.05) is 6.07 Å². The van der Waals surface area contributed by atoms with Crippen LogP contribution in [0.2, 0.25) is 0 Å². The minimum absolute atomic E-state index is 0.739. The third-order valence-electron chi connectivity index (χ3n) is 4.41. The normalized spacial score (nSPS) is 16.6. The topological polar surface area (TPSA) is 37.0 Å². The lowest BCUT2D eigenvalue weighted by Crippen LogP contribution is -2.32. The molecule has 1 saturated carbocycles. The Morgan fingerprint density at radius 3 is 2.90 bits per heavy atom. The van der Waals surface area contributed by atoms with Crippen LogP contribution in [0.4, 0.5) is 0 Å². The molecule has 1 aromatic carbocycles. The number of aromatic nitrogens is 1. The van der Waals surface area contributed by atoms with Gasteiger partial charge in [0.1, 0.15) is 5.75 Å². The van der Waals surface area contributed by atoms with Gasteiger partial charge in [-0.1, -0.05) is 19.3 Å². The Kier molecular flexibility index (Phi) is 4.26. The second-order valence-electron chi connectivity index (χ2n) is 5.76. The number of methoxy groups -OCH3 is 1. The van der Waals surface area contributed by atoms with Gasteiger partial charge in [-0.15, -0.1) is 0 Å². The van der Waals surface area contributed by atoms with Crippen LogP contribution in [0.5, 0.6) is 5.75 Å². The maximum absolute atomic E-state index is 5.32. The van der Waals surface area contributed by atoms with Gasteiger partial charge in [0.2, 0.25) is 0 Å². The quantitative estimate of drug-likeness (QED) is 0.872. The first kappa shape index (κ1) is 13.5. The standard InChI is InChI=1S/C17H24N2O/c1-20-15-7-8-17-16(11-15)13(12-19-17)9-10-18-14-5-3-2-4-6-14/h7-8,11-12,14,18-19H,2-6,9-10H2,1H3. The van der Waals surface area contributed by atoms with Crippen molar-refractivity contribution in [1.82, 2.24) is 10.3 Å². The molecule has 0 bridgehead atoms. The number of rotatable bonds is 5. The van der Waals surface area contributed by atoms with Crippen LogP contribution in [0.3, 0.4) is 0 Å². The van der Waals surface area contributed by atoms with Crippen LogP contribution in [0.25, 0.3) is 10.9 Å². The van der Waals surface area contributed by atoms with Crippen LogP contribution >= 0.6 is 0 Å². The summed E-state index contributed by atoms with van der Waals surface area (Å²) in [6.45, 7) is 1.06. The summed E-state index contributed by atoms with van der Waals surface area (Å²) >= 11 is 0. The van der Waals surface area contributed by atoms with Crippen molar-refractivity contribution in [2.45, 2.75) is 44.6 Å². The molecule has 2 N–H and O–H groups in total. The summed E-state index contributed by atoms with van der Waals surface area (Å²) in [4.78, 5) is 3.34. The van der Waals surface area contributed by atoms with Crippen LogP contribution in [0, 0.1) is 0 Å². The maximum Gasteiger partial charge on any atom is 0.119 e. The Morgan fingerprint density at radius 1 is 1.25 bits per heavy atom. The molecule has 108 valence electrons. The van der Waals surface area contributed by atoms with E-state index in [9.17, 15) is 0 Å². The molecule has 1 aliphatic rings. The summed E-state index contributed by atoms with van der Waals surface area (Å²) < 4.78 is 5.32. The van der Waals surface area contributed by atoms with Gasteiger partial charge in [0, 0.05) is 23.1 Å². The highest BCUT2D eigenvalue weighted by molar-refractivity contribution is 5.84. The van der Waals surface area contributed by atoms with Gasteiger partial charge < -0.3 is 15.0 Å². The zero-order valence-corrected chi connectivity index (χ0v) is 12.2. The first-order valence-corrected chi connectivity index (χ1v) is 7.74. The van der Waals surface area contributed by atoms with Crippen molar-refractivity contribution in [3.8, 4) is 5.75 Å². The van der Waals surface area contributed by atoms with E-state index in [-0.39, 0.29) is 0 Å². The third-order valence-corrected chi connectivity index (χ3v) is 4.41. The van der Waals surface area contributed by atoms with Crippen LogP contribution in [-0.4, -0.2) is 24.7 Å². The summed E-state index contributed by atoms with van der Waals surface area (Å²) in [6.07, 6.45) is 10.1. The first-order valence-electron chi connectivity index (χ1n) is 7.74. The van der Waals surface area contributed by atoms with Crippen molar-refractivity contribution in [1.29, 1.82) is 0 Å². The molecular weight excluding hydrogens is 248 g/mol. The molecule has 3 rings (SSSR count). The van der Waals surface area contributed by atoms with Gasteiger partial charge >= 0.3 is 0 Å². The SMILES string of the molecule is COc1ccc2[nH]cc(CCNC3CCCCC3)c2c1. The summed E-state index contributed by atoms with van der Waals surface area (Å²) in [5, 5.41) is 4.99. The van der Waals surface area contributed by atoms with E-state index in [0.29, 0.717) is 0 Å². The van der Waals surface area contributed by atoms with E-state index in [1.165, 1.54) is 48.6 Å². The number of ether oxygens (including phenoxy) is 1. The Labute approximate surface area is 120 Å². The van der Waals surface area contributed by atoms with Crippen molar-refractivity contribution in [2.75, 3.05) is 13.7 Å². The lowest BCUT2D eigenvalue weighted by atomic mass is 9.95. The second-order valence-corrected chi connectivity index (χ2v) is 5.76.